The average Bonchev–Trinajstić information content (AvgIpc) is 3.64. The van der Waals surface area contributed by atoms with Crippen LogP contribution in [0.1, 0.15) is 45.2 Å². The fraction of sp³-hybridized carbons (Fsp3) is 0.423. The molecule has 0 unspecified atom stereocenters. The SMILES string of the molecule is CCc1cc(F)cc2c1[nH]c1nc(Nc3cnc4c(c3)nnn4C(C)C)nc(N3C[C@H]4C[C@@H]3C[C@H]4N)c12. The summed E-state index contributed by atoms with van der Waals surface area (Å²) in [4.78, 5) is 20.2. The van der Waals surface area contributed by atoms with Crippen LogP contribution in [0.25, 0.3) is 33.1 Å². The van der Waals surface area contributed by atoms with E-state index in [9.17, 15) is 4.39 Å². The Bertz CT molecular complexity index is 1670. The molecule has 4 N–H and O–H groups in total. The third-order valence-corrected chi connectivity index (χ3v) is 7.90. The van der Waals surface area contributed by atoms with Gasteiger partial charge in [-0.05, 0) is 62.8 Å². The minimum absolute atomic E-state index is 0.161. The maximum atomic E-state index is 14.6. The molecule has 190 valence electrons. The Morgan fingerprint density at radius 3 is 2.81 bits per heavy atom. The van der Waals surface area contributed by atoms with Crippen molar-refractivity contribution >= 4 is 50.6 Å². The van der Waals surface area contributed by atoms with Gasteiger partial charge in [0.05, 0.1) is 28.8 Å². The van der Waals surface area contributed by atoms with E-state index in [-0.39, 0.29) is 17.9 Å². The van der Waals surface area contributed by atoms with E-state index in [1.54, 1.807) is 23.0 Å². The predicted molar refractivity (Wildman–Crippen MR) is 142 cm³/mol. The van der Waals surface area contributed by atoms with Crippen molar-refractivity contribution in [3.63, 3.8) is 0 Å². The molecule has 4 aromatic heterocycles. The van der Waals surface area contributed by atoms with Gasteiger partial charge >= 0.3 is 0 Å². The smallest absolute Gasteiger partial charge is 0.231 e. The number of piperidine rings is 1. The monoisotopic (exact) mass is 500 g/mol. The first-order valence-electron chi connectivity index (χ1n) is 12.9. The number of anilines is 3. The second-order valence-electron chi connectivity index (χ2n) is 10.6. The quantitative estimate of drug-likeness (QED) is 0.328. The summed E-state index contributed by atoms with van der Waals surface area (Å²) in [6, 6.07) is 5.77. The molecule has 0 spiro atoms. The molecular formula is C26H29FN10. The van der Waals surface area contributed by atoms with Crippen molar-refractivity contribution < 1.29 is 4.39 Å². The molecule has 5 aromatic rings. The Kier molecular flexibility index (Phi) is 4.87. The van der Waals surface area contributed by atoms with Gasteiger partial charge in [0.2, 0.25) is 5.95 Å². The first-order chi connectivity index (χ1) is 17.9. The zero-order valence-electron chi connectivity index (χ0n) is 21.0. The molecule has 1 saturated carbocycles. The Labute approximate surface area is 212 Å². The first-order valence-corrected chi connectivity index (χ1v) is 12.9. The third-order valence-electron chi connectivity index (χ3n) is 7.90. The first kappa shape index (κ1) is 22.3. The highest BCUT2D eigenvalue weighted by atomic mass is 19.1. The number of pyridine rings is 1. The van der Waals surface area contributed by atoms with Crippen LogP contribution in [0.3, 0.4) is 0 Å². The minimum Gasteiger partial charge on any atom is -0.352 e. The largest absolute Gasteiger partial charge is 0.352 e. The molecule has 0 radical (unpaired) electrons. The average molecular weight is 501 g/mol. The molecule has 11 heteroatoms. The van der Waals surface area contributed by atoms with Gasteiger partial charge in [-0.1, -0.05) is 12.1 Å². The Morgan fingerprint density at radius 2 is 2.08 bits per heavy atom. The van der Waals surface area contributed by atoms with E-state index >= 15 is 0 Å². The van der Waals surface area contributed by atoms with E-state index in [1.165, 1.54) is 0 Å². The van der Waals surface area contributed by atoms with Gasteiger partial charge in [0, 0.05) is 24.0 Å². The van der Waals surface area contributed by atoms with Crippen LogP contribution < -0.4 is 16.0 Å². The van der Waals surface area contributed by atoms with Gasteiger partial charge in [0.1, 0.15) is 22.8 Å². The van der Waals surface area contributed by atoms with E-state index in [0.29, 0.717) is 35.5 Å². The molecule has 2 fully saturated rings. The summed E-state index contributed by atoms with van der Waals surface area (Å²) in [5.41, 5.74) is 11.0. The summed E-state index contributed by atoms with van der Waals surface area (Å²) in [5, 5.41) is 13.5. The van der Waals surface area contributed by atoms with Gasteiger partial charge in [-0.2, -0.15) is 9.97 Å². The Balaban J connectivity index is 1.37. The predicted octanol–water partition coefficient (Wildman–Crippen LogP) is 4.20. The number of hydrogen-bond donors (Lipinski definition) is 3. The number of nitrogens with one attached hydrogen (secondary N) is 2. The Hall–Kier alpha value is -3.86. The second kappa shape index (κ2) is 8.07. The van der Waals surface area contributed by atoms with Crippen LogP contribution in [-0.4, -0.2) is 53.6 Å². The fourth-order valence-electron chi connectivity index (χ4n) is 6.09. The van der Waals surface area contributed by atoms with E-state index in [2.05, 4.69) is 30.5 Å². The van der Waals surface area contributed by atoms with Gasteiger partial charge in [0.25, 0.3) is 0 Å². The van der Waals surface area contributed by atoms with Crippen LogP contribution in [0.5, 0.6) is 0 Å². The molecule has 37 heavy (non-hydrogen) atoms. The highest BCUT2D eigenvalue weighted by Crippen LogP contribution is 2.43. The molecule has 2 aliphatic rings. The van der Waals surface area contributed by atoms with E-state index in [4.69, 9.17) is 15.7 Å². The normalized spacial score (nSPS) is 21.4. The molecule has 0 amide bonds. The zero-order valence-corrected chi connectivity index (χ0v) is 21.0. The van der Waals surface area contributed by atoms with Crippen LogP contribution in [0, 0.1) is 11.7 Å². The van der Waals surface area contributed by atoms with Crippen LogP contribution >= 0.6 is 0 Å². The molecule has 3 atom stereocenters. The van der Waals surface area contributed by atoms with Gasteiger partial charge in [0.15, 0.2) is 5.65 Å². The standard InChI is InChI=1S/C26H29FN10/c1-4-13-5-15(27)7-18-21-23(31-22(13)18)32-26(33-25(21)36-11-14-6-17(36)9-19(14)28)30-16-8-20-24(29-10-16)37(12(2)3)35-34-20/h5,7-8,10,12,14,17,19H,4,6,9,11,28H2,1-3H3,(H2,30,31,32,33)/t14-,17-,19-/m1/s1. The van der Waals surface area contributed by atoms with Gasteiger partial charge in [-0.3, -0.25) is 0 Å². The lowest BCUT2D eigenvalue weighted by atomic mass is 10.0. The summed E-state index contributed by atoms with van der Waals surface area (Å²) in [6.45, 7) is 6.95. The Morgan fingerprint density at radius 1 is 1.22 bits per heavy atom. The highest BCUT2D eigenvalue weighted by molar-refractivity contribution is 6.12. The number of aromatic amines is 1. The number of benzene rings is 1. The number of nitrogens with zero attached hydrogens (tertiary/aromatic N) is 7. The highest BCUT2D eigenvalue weighted by Gasteiger charge is 2.44. The number of halogens is 1. The summed E-state index contributed by atoms with van der Waals surface area (Å²) in [7, 11) is 0. The van der Waals surface area contributed by atoms with Crippen molar-refractivity contribution in [3.8, 4) is 0 Å². The molecule has 5 heterocycles. The van der Waals surface area contributed by atoms with Crippen LogP contribution in [0.4, 0.5) is 21.8 Å². The fourth-order valence-corrected chi connectivity index (χ4v) is 6.09. The zero-order chi connectivity index (χ0) is 25.4. The van der Waals surface area contributed by atoms with Crippen molar-refractivity contribution in [2.45, 2.75) is 58.2 Å². The van der Waals surface area contributed by atoms with Gasteiger partial charge in [-0.15, -0.1) is 5.10 Å². The van der Waals surface area contributed by atoms with Crippen LogP contribution in [0.15, 0.2) is 24.4 Å². The topological polar surface area (TPSA) is 126 Å². The molecular weight excluding hydrogens is 471 g/mol. The van der Waals surface area contributed by atoms with Crippen LogP contribution in [0.2, 0.25) is 0 Å². The number of rotatable bonds is 5. The minimum atomic E-state index is -0.253. The van der Waals surface area contributed by atoms with E-state index < -0.39 is 0 Å². The maximum absolute atomic E-state index is 14.6. The maximum Gasteiger partial charge on any atom is 0.231 e. The van der Waals surface area contributed by atoms with Crippen molar-refractivity contribution in [2.24, 2.45) is 11.7 Å². The lowest BCUT2D eigenvalue weighted by Crippen LogP contribution is -2.41. The van der Waals surface area contributed by atoms with Crippen molar-refractivity contribution in [2.75, 3.05) is 16.8 Å². The summed E-state index contributed by atoms with van der Waals surface area (Å²) in [5.74, 6) is 1.44. The molecule has 1 saturated heterocycles. The summed E-state index contributed by atoms with van der Waals surface area (Å²) < 4.78 is 16.4. The van der Waals surface area contributed by atoms with E-state index in [1.807, 2.05) is 26.8 Å². The molecule has 10 nitrogen and oxygen atoms in total. The number of fused-ring (bicyclic) bond motifs is 6. The van der Waals surface area contributed by atoms with E-state index in [0.717, 1.165) is 58.4 Å². The third kappa shape index (κ3) is 3.44. The molecule has 7 rings (SSSR count). The lowest BCUT2D eigenvalue weighted by molar-refractivity contribution is 0.471. The van der Waals surface area contributed by atoms with Gasteiger partial charge < -0.3 is 20.9 Å². The number of aryl methyl sites for hydroxylation is 1. The summed E-state index contributed by atoms with van der Waals surface area (Å²) in [6.07, 6.45) is 4.44. The number of H-pyrrole nitrogens is 1. The molecule has 1 aliphatic carbocycles. The molecule has 1 aliphatic heterocycles. The number of aromatic nitrogens is 7. The molecule has 2 bridgehead atoms. The van der Waals surface area contributed by atoms with Crippen molar-refractivity contribution in [1.82, 2.24) is 34.9 Å². The number of nitrogens with two attached hydrogens (primary N) is 1. The number of hydrogen-bond acceptors (Lipinski definition) is 8. The summed E-state index contributed by atoms with van der Waals surface area (Å²) >= 11 is 0. The van der Waals surface area contributed by atoms with Crippen molar-refractivity contribution in [1.29, 1.82) is 0 Å². The molecule has 1 aromatic carbocycles. The van der Waals surface area contributed by atoms with Gasteiger partial charge in [-0.25, -0.2) is 14.1 Å². The lowest BCUT2D eigenvalue weighted by Gasteiger charge is -2.31. The van der Waals surface area contributed by atoms with Crippen LogP contribution in [-0.2, 0) is 6.42 Å². The van der Waals surface area contributed by atoms with Crippen molar-refractivity contribution in [3.05, 3.63) is 35.8 Å². The second-order valence-corrected chi connectivity index (χ2v) is 10.6.